The fraction of sp³-hybridized carbons (Fsp3) is 0.231. The summed E-state index contributed by atoms with van der Waals surface area (Å²) in [6.45, 7) is 1.91. The average molecular weight is 199 g/mol. The summed E-state index contributed by atoms with van der Waals surface area (Å²) in [6.07, 6.45) is 2.95. The largest absolute Gasteiger partial charge is 0.467 e. The van der Waals surface area contributed by atoms with Gasteiger partial charge in [-0.05, 0) is 18.5 Å². The number of benzene rings is 1. The van der Waals surface area contributed by atoms with Crippen LogP contribution in [0.5, 0.6) is 0 Å². The highest BCUT2D eigenvalue weighted by Gasteiger charge is 2.17. The summed E-state index contributed by atoms with van der Waals surface area (Å²) in [4.78, 5) is 0. The maximum atomic E-state index is 5.58. The van der Waals surface area contributed by atoms with Crippen LogP contribution in [0.4, 0.5) is 0 Å². The van der Waals surface area contributed by atoms with Crippen molar-refractivity contribution in [3.05, 3.63) is 47.9 Å². The third-order valence-electron chi connectivity index (χ3n) is 2.90. The van der Waals surface area contributed by atoms with Gasteiger partial charge in [-0.25, -0.2) is 0 Å². The summed E-state index contributed by atoms with van der Waals surface area (Å²) < 4.78 is 5.58. The summed E-state index contributed by atoms with van der Waals surface area (Å²) in [5.74, 6) is 1.10. The van der Waals surface area contributed by atoms with Crippen molar-refractivity contribution in [3.8, 4) is 11.1 Å². The summed E-state index contributed by atoms with van der Waals surface area (Å²) in [6, 6.07) is 10.4. The molecule has 0 amide bonds. The Balaban J connectivity index is 2.09. The Morgan fingerprint density at radius 1 is 1.13 bits per heavy atom. The van der Waals surface area contributed by atoms with Crippen molar-refractivity contribution in [1.82, 2.24) is 5.32 Å². The molecule has 0 fully saturated rings. The van der Waals surface area contributed by atoms with Crippen LogP contribution in [0.2, 0.25) is 0 Å². The van der Waals surface area contributed by atoms with Gasteiger partial charge in [-0.1, -0.05) is 30.3 Å². The van der Waals surface area contributed by atoms with Gasteiger partial charge in [0.05, 0.1) is 12.8 Å². The number of hydrogen-bond acceptors (Lipinski definition) is 2. The molecule has 1 aromatic carbocycles. The highest BCUT2D eigenvalue weighted by Crippen LogP contribution is 2.29. The highest BCUT2D eigenvalue weighted by molar-refractivity contribution is 5.67. The standard InChI is InChI=1S/C13H13NO/c1-2-4-10(5-3-1)12-9-15-13-8-14-7-6-11(12)13/h1-5,9,14H,6-8H2. The minimum atomic E-state index is 0.863. The maximum Gasteiger partial charge on any atom is 0.121 e. The fourth-order valence-corrected chi connectivity index (χ4v) is 2.12. The molecule has 2 heteroatoms. The lowest BCUT2D eigenvalue weighted by Crippen LogP contribution is -2.22. The van der Waals surface area contributed by atoms with Crippen molar-refractivity contribution in [2.75, 3.05) is 6.54 Å². The third-order valence-corrected chi connectivity index (χ3v) is 2.90. The zero-order chi connectivity index (χ0) is 10.1. The number of nitrogens with one attached hydrogen (secondary N) is 1. The van der Waals surface area contributed by atoms with E-state index in [2.05, 4.69) is 29.6 Å². The molecule has 0 bridgehead atoms. The Morgan fingerprint density at radius 3 is 2.87 bits per heavy atom. The van der Waals surface area contributed by atoms with Gasteiger partial charge in [-0.15, -0.1) is 0 Å². The first-order valence-corrected chi connectivity index (χ1v) is 5.30. The SMILES string of the molecule is c1ccc(-c2coc3c2CCNC3)cc1. The van der Waals surface area contributed by atoms with E-state index in [-0.39, 0.29) is 0 Å². The van der Waals surface area contributed by atoms with Crippen molar-refractivity contribution in [2.45, 2.75) is 13.0 Å². The minimum absolute atomic E-state index is 0.863. The minimum Gasteiger partial charge on any atom is -0.467 e. The van der Waals surface area contributed by atoms with Crippen molar-refractivity contribution in [3.63, 3.8) is 0 Å². The van der Waals surface area contributed by atoms with Gasteiger partial charge < -0.3 is 9.73 Å². The van der Waals surface area contributed by atoms with E-state index in [1.54, 1.807) is 0 Å². The van der Waals surface area contributed by atoms with E-state index in [1.807, 2.05) is 12.3 Å². The van der Waals surface area contributed by atoms with E-state index in [0.717, 1.165) is 25.3 Å². The second-order valence-electron chi connectivity index (χ2n) is 3.84. The zero-order valence-electron chi connectivity index (χ0n) is 8.49. The van der Waals surface area contributed by atoms with E-state index in [0.29, 0.717) is 0 Å². The van der Waals surface area contributed by atoms with Crippen LogP contribution in [0.1, 0.15) is 11.3 Å². The predicted molar refractivity (Wildman–Crippen MR) is 59.6 cm³/mol. The Hall–Kier alpha value is -1.54. The van der Waals surface area contributed by atoms with Crippen LogP contribution in [0.15, 0.2) is 41.0 Å². The Kier molecular flexibility index (Phi) is 2.07. The van der Waals surface area contributed by atoms with Crippen molar-refractivity contribution >= 4 is 0 Å². The van der Waals surface area contributed by atoms with Crippen molar-refractivity contribution in [1.29, 1.82) is 0 Å². The van der Waals surface area contributed by atoms with E-state index in [4.69, 9.17) is 4.42 Å². The summed E-state index contributed by atoms with van der Waals surface area (Å²) in [5, 5.41) is 3.31. The molecular formula is C13H13NO. The van der Waals surface area contributed by atoms with E-state index in [1.165, 1.54) is 16.7 Å². The van der Waals surface area contributed by atoms with Gasteiger partial charge in [-0.2, -0.15) is 0 Å². The Morgan fingerprint density at radius 2 is 2.00 bits per heavy atom. The van der Waals surface area contributed by atoms with E-state index in [9.17, 15) is 0 Å². The van der Waals surface area contributed by atoms with Gasteiger partial charge >= 0.3 is 0 Å². The molecule has 3 rings (SSSR count). The first-order valence-electron chi connectivity index (χ1n) is 5.30. The van der Waals surface area contributed by atoms with Gasteiger partial charge in [0, 0.05) is 11.1 Å². The van der Waals surface area contributed by atoms with Crippen LogP contribution in [-0.2, 0) is 13.0 Å². The molecule has 0 saturated heterocycles. The van der Waals surface area contributed by atoms with Crippen LogP contribution in [0.3, 0.4) is 0 Å². The van der Waals surface area contributed by atoms with E-state index < -0.39 is 0 Å². The second kappa shape index (κ2) is 3.55. The van der Waals surface area contributed by atoms with Gasteiger partial charge in [0.25, 0.3) is 0 Å². The van der Waals surface area contributed by atoms with E-state index >= 15 is 0 Å². The van der Waals surface area contributed by atoms with Crippen LogP contribution in [0, 0.1) is 0 Å². The Bertz CT molecular complexity index is 459. The Labute approximate surface area is 88.9 Å². The molecule has 1 aliphatic rings. The molecule has 1 N–H and O–H groups in total. The highest BCUT2D eigenvalue weighted by atomic mass is 16.3. The van der Waals surface area contributed by atoms with Gasteiger partial charge in [0.1, 0.15) is 5.76 Å². The first-order chi connectivity index (χ1) is 7.45. The lowest BCUT2D eigenvalue weighted by atomic mass is 9.99. The molecule has 2 aromatic rings. The van der Waals surface area contributed by atoms with Crippen LogP contribution in [0.25, 0.3) is 11.1 Å². The second-order valence-corrected chi connectivity index (χ2v) is 3.84. The molecule has 0 spiro atoms. The van der Waals surface area contributed by atoms with Gasteiger partial charge in [-0.3, -0.25) is 0 Å². The summed E-state index contributed by atoms with van der Waals surface area (Å²) in [5.41, 5.74) is 3.89. The molecule has 2 nitrogen and oxygen atoms in total. The quantitative estimate of drug-likeness (QED) is 0.763. The lowest BCUT2D eigenvalue weighted by Gasteiger charge is -2.12. The molecule has 1 aromatic heterocycles. The molecule has 0 atom stereocenters. The summed E-state index contributed by atoms with van der Waals surface area (Å²) >= 11 is 0. The van der Waals surface area contributed by atoms with Crippen LogP contribution < -0.4 is 5.32 Å². The maximum absolute atomic E-state index is 5.58. The number of hydrogen-bond donors (Lipinski definition) is 1. The summed E-state index contributed by atoms with van der Waals surface area (Å²) in [7, 11) is 0. The molecule has 0 saturated carbocycles. The molecule has 0 aliphatic carbocycles. The molecule has 0 unspecified atom stereocenters. The predicted octanol–water partition coefficient (Wildman–Crippen LogP) is 2.59. The molecule has 0 radical (unpaired) electrons. The molecular weight excluding hydrogens is 186 g/mol. The van der Waals surface area contributed by atoms with Gasteiger partial charge in [0.2, 0.25) is 0 Å². The first kappa shape index (κ1) is 8.74. The third kappa shape index (κ3) is 1.47. The van der Waals surface area contributed by atoms with Crippen LogP contribution >= 0.6 is 0 Å². The normalized spacial score (nSPS) is 14.9. The van der Waals surface area contributed by atoms with Crippen molar-refractivity contribution < 1.29 is 4.42 Å². The van der Waals surface area contributed by atoms with Crippen LogP contribution in [-0.4, -0.2) is 6.54 Å². The molecule has 1 aliphatic heterocycles. The monoisotopic (exact) mass is 199 g/mol. The number of fused-ring (bicyclic) bond motifs is 1. The number of rotatable bonds is 1. The molecule has 2 heterocycles. The number of furan rings is 1. The lowest BCUT2D eigenvalue weighted by molar-refractivity contribution is 0.463. The fourth-order valence-electron chi connectivity index (χ4n) is 2.12. The van der Waals surface area contributed by atoms with Crippen molar-refractivity contribution in [2.24, 2.45) is 0 Å². The topological polar surface area (TPSA) is 25.2 Å². The van der Waals surface area contributed by atoms with Gasteiger partial charge in [0.15, 0.2) is 0 Å². The smallest absolute Gasteiger partial charge is 0.121 e. The average Bonchev–Trinajstić information content (AvgIpc) is 2.74. The molecule has 15 heavy (non-hydrogen) atoms. The zero-order valence-corrected chi connectivity index (χ0v) is 8.49. The molecule has 76 valence electrons.